The van der Waals surface area contributed by atoms with Crippen molar-refractivity contribution in [3.63, 3.8) is 0 Å². The second-order valence-electron chi connectivity index (χ2n) is 5.26. The number of nitrogen functional groups attached to an aromatic ring is 1. The van der Waals surface area contributed by atoms with Gasteiger partial charge < -0.3 is 11.1 Å². The summed E-state index contributed by atoms with van der Waals surface area (Å²) in [6.07, 6.45) is 6.86. The first-order chi connectivity index (χ1) is 8.65. The maximum Gasteiger partial charge on any atom is 0.241 e. The summed E-state index contributed by atoms with van der Waals surface area (Å²) in [6, 6.07) is 1.69. The smallest absolute Gasteiger partial charge is 0.241 e. The van der Waals surface area contributed by atoms with Gasteiger partial charge in [0.05, 0.1) is 0 Å². The number of hydrogen-bond donors (Lipinski definition) is 2. The molecule has 1 aliphatic carbocycles. The van der Waals surface area contributed by atoms with Crippen LogP contribution in [-0.2, 0) is 11.3 Å². The predicted molar refractivity (Wildman–Crippen MR) is 70.8 cm³/mol. The predicted octanol–water partition coefficient (Wildman–Crippen LogP) is 1.41. The van der Waals surface area contributed by atoms with Gasteiger partial charge in [0.1, 0.15) is 12.4 Å². The summed E-state index contributed by atoms with van der Waals surface area (Å²) in [5, 5.41) is 6.99. The molecule has 0 aromatic carbocycles. The number of aromatic nitrogens is 2. The number of carbonyl (C=O) groups is 1. The van der Waals surface area contributed by atoms with E-state index in [1.54, 1.807) is 16.9 Å². The molecule has 1 aromatic heterocycles. The van der Waals surface area contributed by atoms with Gasteiger partial charge in [-0.15, -0.1) is 0 Å². The Morgan fingerprint density at radius 3 is 3.00 bits per heavy atom. The van der Waals surface area contributed by atoms with Crippen LogP contribution in [0.4, 0.5) is 5.82 Å². The number of anilines is 1. The Morgan fingerprint density at radius 1 is 1.56 bits per heavy atom. The summed E-state index contributed by atoms with van der Waals surface area (Å²) in [7, 11) is 0. The minimum atomic E-state index is 0.0101. The Labute approximate surface area is 108 Å². The molecular formula is C13H22N4O. The summed E-state index contributed by atoms with van der Waals surface area (Å²) in [5.74, 6) is 1.81. The standard InChI is InChI=1S/C13H22N4O/c1-10-4-2-3-5-11(10)8-15-13(18)9-17-7-6-12(14)16-17/h6-7,10-11H,2-5,8-9H2,1H3,(H2,14,16)(H,15,18). The van der Waals surface area contributed by atoms with E-state index in [0.717, 1.165) is 12.5 Å². The Bertz CT molecular complexity index is 401. The molecule has 0 bridgehead atoms. The molecule has 2 rings (SSSR count). The van der Waals surface area contributed by atoms with Gasteiger partial charge in [0.2, 0.25) is 5.91 Å². The molecule has 1 aliphatic rings. The molecule has 0 spiro atoms. The maximum absolute atomic E-state index is 11.8. The van der Waals surface area contributed by atoms with E-state index in [1.165, 1.54) is 25.7 Å². The zero-order valence-electron chi connectivity index (χ0n) is 10.9. The van der Waals surface area contributed by atoms with Gasteiger partial charge in [-0.3, -0.25) is 9.48 Å². The largest absolute Gasteiger partial charge is 0.382 e. The fourth-order valence-electron chi connectivity index (χ4n) is 2.61. The molecule has 1 heterocycles. The van der Waals surface area contributed by atoms with Gasteiger partial charge in [-0.1, -0.05) is 26.2 Å². The number of nitrogens with one attached hydrogen (secondary N) is 1. The zero-order chi connectivity index (χ0) is 13.0. The van der Waals surface area contributed by atoms with Crippen molar-refractivity contribution in [3.05, 3.63) is 12.3 Å². The lowest BCUT2D eigenvalue weighted by molar-refractivity contribution is -0.122. The van der Waals surface area contributed by atoms with Crippen molar-refractivity contribution in [2.75, 3.05) is 12.3 Å². The van der Waals surface area contributed by atoms with E-state index in [4.69, 9.17) is 5.73 Å². The molecule has 5 heteroatoms. The van der Waals surface area contributed by atoms with Crippen LogP contribution >= 0.6 is 0 Å². The minimum absolute atomic E-state index is 0.0101. The highest BCUT2D eigenvalue weighted by Crippen LogP contribution is 2.28. The van der Waals surface area contributed by atoms with Crippen molar-refractivity contribution in [2.24, 2.45) is 11.8 Å². The van der Waals surface area contributed by atoms with Crippen molar-refractivity contribution in [1.82, 2.24) is 15.1 Å². The molecule has 0 saturated heterocycles. The third-order valence-electron chi connectivity index (χ3n) is 3.82. The van der Waals surface area contributed by atoms with E-state index >= 15 is 0 Å². The molecule has 100 valence electrons. The molecule has 1 saturated carbocycles. The Kier molecular flexibility index (Phi) is 4.23. The van der Waals surface area contributed by atoms with E-state index in [-0.39, 0.29) is 12.5 Å². The number of amides is 1. The van der Waals surface area contributed by atoms with Crippen LogP contribution in [0, 0.1) is 11.8 Å². The van der Waals surface area contributed by atoms with E-state index < -0.39 is 0 Å². The molecule has 3 N–H and O–H groups in total. The quantitative estimate of drug-likeness (QED) is 0.848. The highest BCUT2D eigenvalue weighted by atomic mass is 16.2. The topological polar surface area (TPSA) is 72.9 Å². The Balaban J connectivity index is 1.74. The van der Waals surface area contributed by atoms with Crippen LogP contribution in [0.3, 0.4) is 0 Å². The van der Waals surface area contributed by atoms with Crippen LogP contribution in [0.1, 0.15) is 32.6 Å². The van der Waals surface area contributed by atoms with Crippen LogP contribution in [-0.4, -0.2) is 22.2 Å². The van der Waals surface area contributed by atoms with Crippen LogP contribution in [0.25, 0.3) is 0 Å². The highest BCUT2D eigenvalue weighted by molar-refractivity contribution is 5.75. The Morgan fingerprint density at radius 2 is 2.33 bits per heavy atom. The summed E-state index contributed by atoms with van der Waals surface area (Å²) in [4.78, 5) is 11.8. The highest BCUT2D eigenvalue weighted by Gasteiger charge is 2.21. The summed E-state index contributed by atoms with van der Waals surface area (Å²) < 4.78 is 1.56. The van der Waals surface area contributed by atoms with Gasteiger partial charge in [0.25, 0.3) is 0 Å². The molecule has 2 unspecified atom stereocenters. The van der Waals surface area contributed by atoms with Gasteiger partial charge in [0, 0.05) is 12.7 Å². The van der Waals surface area contributed by atoms with Gasteiger partial charge in [-0.05, 0) is 24.3 Å². The van der Waals surface area contributed by atoms with Crippen LogP contribution in [0.15, 0.2) is 12.3 Å². The second kappa shape index (κ2) is 5.89. The first kappa shape index (κ1) is 12.9. The summed E-state index contributed by atoms with van der Waals surface area (Å²) >= 11 is 0. The molecule has 0 radical (unpaired) electrons. The molecule has 5 nitrogen and oxygen atoms in total. The lowest BCUT2D eigenvalue weighted by atomic mass is 9.80. The van der Waals surface area contributed by atoms with Gasteiger partial charge in [-0.25, -0.2) is 0 Å². The van der Waals surface area contributed by atoms with Crippen molar-refractivity contribution in [1.29, 1.82) is 0 Å². The average Bonchev–Trinajstić information content (AvgIpc) is 2.74. The Hall–Kier alpha value is -1.52. The second-order valence-corrected chi connectivity index (χ2v) is 5.26. The molecule has 2 atom stereocenters. The molecule has 1 amide bonds. The van der Waals surface area contributed by atoms with Crippen molar-refractivity contribution < 1.29 is 4.79 Å². The number of nitrogens with zero attached hydrogens (tertiary/aromatic N) is 2. The number of nitrogens with two attached hydrogens (primary N) is 1. The van der Waals surface area contributed by atoms with E-state index in [2.05, 4.69) is 17.3 Å². The first-order valence-electron chi connectivity index (χ1n) is 6.71. The van der Waals surface area contributed by atoms with E-state index in [9.17, 15) is 4.79 Å². The molecule has 1 fully saturated rings. The monoisotopic (exact) mass is 250 g/mol. The van der Waals surface area contributed by atoms with Gasteiger partial charge in [-0.2, -0.15) is 5.10 Å². The summed E-state index contributed by atoms with van der Waals surface area (Å²) in [6.45, 7) is 3.32. The van der Waals surface area contributed by atoms with Crippen LogP contribution in [0.2, 0.25) is 0 Å². The lowest BCUT2D eigenvalue weighted by Crippen LogP contribution is -2.35. The molecular weight excluding hydrogens is 228 g/mol. The third-order valence-corrected chi connectivity index (χ3v) is 3.82. The molecule has 0 aliphatic heterocycles. The van der Waals surface area contributed by atoms with Gasteiger partial charge >= 0.3 is 0 Å². The van der Waals surface area contributed by atoms with Crippen molar-refractivity contribution >= 4 is 11.7 Å². The van der Waals surface area contributed by atoms with Crippen molar-refractivity contribution in [3.8, 4) is 0 Å². The average molecular weight is 250 g/mol. The normalized spacial score (nSPS) is 23.8. The van der Waals surface area contributed by atoms with E-state index in [0.29, 0.717) is 11.7 Å². The minimum Gasteiger partial charge on any atom is -0.382 e. The van der Waals surface area contributed by atoms with Gasteiger partial charge in [0.15, 0.2) is 0 Å². The zero-order valence-corrected chi connectivity index (χ0v) is 10.9. The number of hydrogen-bond acceptors (Lipinski definition) is 3. The third kappa shape index (κ3) is 3.48. The number of rotatable bonds is 4. The molecule has 1 aromatic rings. The first-order valence-corrected chi connectivity index (χ1v) is 6.71. The lowest BCUT2D eigenvalue weighted by Gasteiger charge is -2.28. The SMILES string of the molecule is CC1CCCCC1CNC(=O)Cn1ccc(N)n1. The fraction of sp³-hybridized carbons (Fsp3) is 0.692. The maximum atomic E-state index is 11.8. The van der Waals surface area contributed by atoms with E-state index in [1.807, 2.05) is 0 Å². The van der Waals surface area contributed by atoms with Crippen molar-refractivity contribution in [2.45, 2.75) is 39.2 Å². The van der Waals surface area contributed by atoms with Crippen LogP contribution < -0.4 is 11.1 Å². The molecule has 18 heavy (non-hydrogen) atoms. The van der Waals surface area contributed by atoms with Crippen LogP contribution in [0.5, 0.6) is 0 Å². The summed E-state index contributed by atoms with van der Waals surface area (Å²) in [5.41, 5.74) is 5.50. The number of carbonyl (C=O) groups excluding carboxylic acids is 1. The fourth-order valence-corrected chi connectivity index (χ4v) is 2.61.